The lowest BCUT2D eigenvalue weighted by atomic mass is 9.91. The summed E-state index contributed by atoms with van der Waals surface area (Å²) in [5.41, 5.74) is 6.26. The van der Waals surface area contributed by atoms with Gasteiger partial charge < -0.3 is 5.73 Å². The molecule has 2 heteroatoms. The Kier molecular flexibility index (Phi) is 1.69. The molecule has 11 heavy (non-hydrogen) atoms. The number of hydrogen-bond acceptors (Lipinski definition) is 2. The molecule has 0 unspecified atom stereocenters. The molecule has 2 aliphatic rings. The minimum absolute atomic E-state index is 0.430. The summed E-state index contributed by atoms with van der Waals surface area (Å²) in [5, 5.41) is 0. The fraction of sp³-hybridized carbons (Fsp3) is 1.00. The molecule has 0 spiro atoms. The lowest BCUT2D eigenvalue weighted by Gasteiger charge is -2.30. The molecule has 2 heterocycles. The van der Waals surface area contributed by atoms with Gasteiger partial charge in [0.15, 0.2) is 0 Å². The highest BCUT2D eigenvalue weighted by molar-refractivity contribution is 5.02. The summed E-state index contributed by atoms with van der Waals surface area (Å²) < 4.78 is 0. The van der Waals surface area contributed by atoms with Crippen LogP contribution in [0.5, 0.6) is 0 Å². The average molecular weight is 154 g/mol. The molecule has 2 nitrogen and oxygen atoms in total. The van der Waals surface area contributed by atoms with Gasteiger partial charge in [-0.2, -0.15) is 0 Å². The molecule has 64 valence electrons. The molecule has 0 radical (unpaired) electrons. The predicted octanol–water partition coefficient (Wildman–Crippen LogP) is 0.820. The van der Waals surface area contributed by atoms with E-state index < -0.39 is 0 Å². The topological polar surface area (TPSA) is 29.3 Å². The van der Waals surface area contributed by atoms with Gasteiger partial charge in [-0.25, -0.2) is 0 Å². The van der Waals surface area contributed by atoms with Crippen LogP contribution in [0.25, 0.3) is 0 Å². The minimum atomic E-state index is 0.430. The molecule has 2 aliphatic heterocycles. The molecule has 2 atom stereocenters. The van der Waals surface area contributed by atoms with Crippen molar-refractivity contribution in [3.8, 4) is 0 Å². The van der Waals surface area contributed by atoms with Crippen LogP contribution in [0.2, 0.25) is 0 Å². The molecular weight excluding hydrogens is 136 g/mol. The summed E-state index contributed by atoms with van der Waals surface area (Å²) in [6.07, 6.45) is 4.04. The molecule has 0 saturated carbocycles. The van der Waals surface area contributed by atoms with E-state index in [0.29, 0.717) is 5.54 Å². The molecule has 2 fully saturated rings. The Labute approximate surface area is 68.7 Å². The van der Waals surface area contributed by atoms with Crippen LogP contribution in [0.4, 0.5) is 0 Å². The van der Waals surface area contributed by atoms with Gasteiger partial charge in [0, 0.05) is 18.6 Å². The number of hydrogen-bond donors (Lipinski definition) is 1. The quantitative estimate of drug-likeness (QED) is 0.606. The van der Waals surface area contributed by atoms with Crippen molar-refractivity contribution in [2.24, 2.45) is 11.7 Å². The van der Waals surface area contributed by atoms with E-state index in [1.165, 1.54) is 32.4 Å². The number of rotatable bonds is 1. The maximum Gasteiger partial charge on any atom is 0.0335 e. The van der Waals surface area contributed by atoms with Crippen LogP contribution < -0.4 is 5.73 Å². The first kappa shape index (κ1) is 7.56. The molecule has 0 aromatic carbocycles. The van der Waals surface area contributed by atoms with Crippen LogP contribution in [0, 0.1) is 5.92 Å². The normalized spacial score (nSPS) is 44.7. The lowest BCUT2D eigenvalue weighted by Crippen LogP contribution is -2.44. The van der Waals surface area contributed by atoms with Gasteiger partial charge in [-0.05, 0) is 31.7 Å². The molecule has 0 aliphatic carbocycles. The Morgan fingerprint density at radius 3 is 3.09 bits per heavy atom. The van der Waals surface area contributed by atoms with Crippen molar-refractivity contribution in [1.82, 2.24) is 4.90 Å². The van der Waals surface area contributed by atoms with Gasteiger partial charge in [0.2, 0.25) is 0 Å². The van der Waals surface area contributed by atoms with E-state index >= 15 is 0 Å². The molecular formula is C9H18N2. The highest BCUT2D eigenvalue weighted by atomic mass is 15.3. The Morgan fingerprint density at radius 1 is 1.64 bits per heavy atom. The second kappa shape index (κ2) is 2.46. The number of fused-ring (bicyclic) bond motifs is 1. The second-order valence-electron chi connectivity index (χ2n) is 4.29. The van der Waals surface area contributed by atoms with Crippen molar-refractivity contribution < 1.29 is 0 Å². The van der Waals surface area contributed by atoms with Gasteiger partial charge in [0.1, 0.15) is 0 Å². The third-order valence-corrected chi connectivity index (χ3v) is 3.38. The number of nitrogens with two attached hydrogens (primary N) is 1. The smallest absolute Gasteiger partial charge is 0.0335 e. The monoisotopic (exact) mass is 154 g/mol. The van der Waals surface area contributed by atoms with Gasteiger partial charge in [-0.1, -0.05) is 6.92 Å². The van der Waals surface area contributed by atoms with E-state index in [0.717, 1.165) is 12.5 Å². The van der Waals surface area contributed by atoms with Crippen molar-refractivity contribution in [2.45, 2.75) is 31.7 Å². The second-order valence-corrected chi connectivity index (χ2v) is 4.29. The first-order chi connectivity index (χ1) is 5.27. The van der Waals surface area contributed by atoms with E-state index in [-0.39, 0.29) is 0 Å². The van der Waals surface area contributed by atoms with Crippen LogP contribution in [-0.2, 0) is 0 Å². The highest BCUT2D eigenvalue weighted by Crippen LogP contribution is 2.40. The Bertz CT molecular complexity index is 158. The standard InChI is InChI=1S/C9H18N2/c1-8-5-9(7-10)3-2-4-11(9)6-8/h8H,2-7,10H2,1H3/t8-,9+/m0/s1. The van der Waals surface area contributed by atoms with E-state index in [1.807, 2.05) is 0 Å². The first-order valence-electron chi connectivity index (χ1n) is 4.72. The predicted molar refractivity (Wildman–Crippen MR) is 46.4 cm³/mol. The molecule has 2 rings (SSSR count). The van der Waals surface area contributed by atoms with Gasteiger partial charge in [0.05, 0.1) is 0 Å². The summed E-state index contributed by atoms with van der Waals surface area (Å²) in [5.74, 6) is 0.874. The average Bonchev–Trinajstić information content (AvgIpc) is 2.43. The molecule has 0 amide bonds. The Morgan fingerprint density at radius 2 is 2.45 bits per heavy atom. The lowest BCUT2D eigenvalue weighted by molar-refractivity contribution is 0.204. The summed E-state index contributed by atoms with van der Waals surface area (Å²) in [4.78, 5) is 2.61. The molecule has 0 bridgehead atoms. The van der Waals surface area contributed by atoms with Crippen molar-refractivity contribution in [1.29, 1.82) is 0 Å². The SMILES string of the molecule is C[C@@H]1CN2CCC[C@]2(CN)C1. The third-order valence-electron chi connectivity index (χ3n) is 3.38. The van der Waals surface area contributed by atoms with Gasteiger partial charge in [-0.15, -0.1) is 0 Å². The van der Waals surface area contributed by atoms with Crippen LogP contribution in [0.15, 0.2) is 0 Å². The molecule has 2 N–H and O–H groups in total. The molecule has 0 aromatic rings. The van der Waals surface area contributed by atoms with E-state index in [9.17, 15) is 0 Å². The van der Waals surface area contributed by atoms with Crippen molar-refractivity contribution in [2.75, 3.05) is 19.6 Å². The minimum Gasteiger partial charge on any atom is -0.329 e. The Balaban J connectivity index is 2.15. The first-order valence-corrected chi connectivity index (χ1v) is 4.72. The molecule has 2 saturated heterocycles. The van der Waals surface area contributed by atoms with Crippen LogP contribution >= 0.6 is 0 Å². The maximum absolute atomic E-state index is 5.83. The van der Waals surface area contributed by atoms with Crippen LogP contribution in [0.3, 0.4) is 0 Å². The van der Waals surface area contributed by atoms with Gasteiger partial charge in [0.25, 0.3) is 0 Å². The maximum atomic E-state index is 5.83. The van der Waals surface area contributed by atoms with Crippen molar-refractivity contribution >= 4 is 0 Å². The fourth-order valence-electron chi connectivity index (χ4n) is 2.91. The summed E-state index contributed by atoms with van der Waals surface area (Å²) in [6.45, 7) is 5.80. The van der Waals surface area contributed by atoms with E-state index in [2.05, 4.69) is 11.8 Å². The van der Waals surface area contributed by atoms with Crippen LogP contribution in [-0.4, -0.2) is 30.1 Å². The summed E-state index contributed by atoms with van der Waals surface area (Å²) in [7, 11) is 0. The van der Waals surface area contributed by atoms with Gasteiger partial charge >= 0.3 is 0 Å². The Hall–Kier alpha value is -0.0800. The summed E-state index contributed by atoms with van der Waals surface area (Å²) in [6, 6.07) is 0. The highest BCUT2D eigenvalue weighted by Gasteiger charge is 2.45. The zero-order valence-electron chi connectivity index (χ0n) is 7.34. The summed E-state index contributed by atoms with van der Waals surface area (Å²) >= 11 is 0. The molecule has 0 aromatic heterocycles. The van der Waals surface area contributed by atoms with Crippen molar-refractivity contribution in [3.05, 3.63) is 0 Å². The number of nitrogens with zero attached hydrogens (tertiary/aromatic N) is 1. The van der Waals surface area contributed by atoms with E-state index in [4.69, 9.17) is 5.73 Å². The van der Waals surface area contributed by atoms with Crippen molar-refractivity contribution in [3.63, 3.8) is 0 Å². The zero-order valence-corrected chi connectivity index (χ0v) is 7.34. The van der Waals surface area contributed by atoms with Crippen LogP contribution in [0.1, 0.15) is 26.2 Å². The zero-order chi connectivity index (χ0) is 7.90. The largest absolute Gasteiger partial charge is 0.329 e. The van der Waals surface area contributed by atoms with Gasteiger partial charge in [-0.3, -0.25) is 4.90 Å². The fourth-order valence-corrected chi connectivity index (χ4v) is 2.91. The third kappa shape index (κ3) is 1.00. The van der Waals surface area contributed by atoms with E-state index in [1.54, 1.807) is 0 Å².